The van der Waals surface area contributed by atoms with Gasteiger partial charge in [0.1, 0.15) is 18.4 Å². The predicted molar refractivity (Wildman–Crippen MR) is 120 cm³/mol. The van der Waals surface area contributed by atoms with E-state index in [0.717, 1.165) is 0 Å². The maximum atomic E-state index is 12.7. The van der Waals surface area contributed by atoms with E-state index in [4.69, 9.17) is 9.47 Å². The number of carboxylic acids is 1. The number of aliphatic carboxylic acids is 1. The van der Waals surface area contributed by atoms with Crippen molar-refractivity contribution >= 4 is 29.4 Å². The molecule has 1 fully saturated rings. The third-order valence-electron chi connectivity index (χ3n) is 5.34. The number of likely N-dealkylation sites (tertiary alicyclic amines) is 1. The Morgan fingerprint density at radius 1 is 1.14 bits per heavy atom. The number of hydrogen-bond donors (Lipinski definition) is 3. The number of nitro benzene ring substituents is 1. The van der Waals surface area contributed by atoms with Gasteiger partial charge in [0.15, 0.2) is 18.7 Å². The average molecular weight is 501 g/mol. The van der Waals surface area contributed by atoms with Gasteiger partial charge >= 0.3 is 11.9 Å². The summed E-state index contributed by atoms with van der Waals surface area (Å²) >= 11 is 0. The van der Waals surface area contributed by atoms with Crippen molar-refractivity contribution < 1.29 is 43.8 Å². The van der Waals surface area contributed by atoms with Gasteiger partial charge in [-0.1, -0.05) is 18.2 Å². The number of benzene rings is 2. The number of nitrogens with zero attached hydrogens (tertiary/aromatic N) is 2. The van der Waals surface area contributed by atoms with Crippen molar-refractivity contribution in [1.82, 2.24) is 10.2 Å². The Bertz CT molecular complexity index is 1140. The Hall–Kier alpha value is -4.52. The molecule has 1 aliphatic heterocycles. The highest BCUT2D eigenvalue weighted by Gasteiger charge is 2.58. The molecule has 2 amide bonds. The van der Waals surface area contributed by atoms with Gasteiger partial charge in [-0.25, -0.2) is 9.59 Å². The molecule has 1 aliphatic rings. The molecule has 190 valence electrons. The van der Waals surface area contributed by atoms with Crippen LogP contribution in [0.4, 0.5) is 5.69 Å². The minimum Gasteiger partial charge on any atom is -0.484 e. The number of aliphatic hydroxyl groups excluding tert-OH is 1. The molecule has 0 aromatic heterocycles. The van der Waals surface area contributed by atoms with Gasteiger partial charge in [-0.3, -0.25) is 19.7 Å². The summed E-state index contributed by atoms with van der Waals surface area (Å²) in [6.45, 7) is 0.373. The fourth-order valence-corrected chi connectivity index (χ4v) is 3.60. The molecule has 3 rings (SSSR count). The number of hydrogen-bond acceptors (Lipinski definition) is 9. The Morgan fingerprint density at radius 2 is 1.78 bits per heavy atom. The number of aliphatic hydroxyl groups is 1. The molecule has 0 radical (unpaired) electrons. The zero-order chi connectivity index (χ0) is 26.4. The zero-order valence-electron chi connectivity index (χ0n) is 19.0. The molecule has 2 aromatic carbocycles. The third kappa shape index (κ3) is 5.93. The summed E-state index contributed by atoms with van der Waals surface area (Å²) in [7, 11) is 0. The van der Waals surface area contributed by atoms with Crippen LogP contribution in [0.5, 0.6) is 5.75 Å². The van der Waals surface area contributed by atoms with Gasteiger partial charge in [0.2, 0.25) is 5.91 Å². The number of carbonyl (C=O) groups excluding carboxylic acids is 3. The number of ether oxygens (including phenoxy) is 2. The van der Waals surface area contributed by atoms with Crippen molar-refractivity contribution in [2.75, 3.05) is 6.61 Å². The predicted octanol–water partition coefficient (Wildman–Crippen LogP) is 0.247. The van der Waals surface area contributed by atoms with Crippen LogP contribution < -0.4 is 10.1 Å². The number of carboxylic acid groups (broad SMARTS) is 1. The van der Waals surface area contributed by atoms with Crippen molar-refractivity contribution in [2.45, 2.75) is 37.8 Å². The topological polar surface area (TPSA) is 186 Å². The van der Waals surface area contributed by atoms with E-state index in [2.05, 4.69) is 5.32 Å². The summed E-state index contributed by atoms with van der Waals surface area (Å²) < 4.78 is 10.4. The lowest BCUT2D eigenvalue weighted by Crippen LogP contribution is -2.77. The van der Waals surface area contributed by atoms with Crippen molar-refractivity contribution in [3.05, 3.63) is 70.3 Å². The van der Waals surface area contributed by atoms with Gasteiger partial charge in [0, 0.05) is 12.1 Å². The van der Waals surface area contributed by atoms with E-state index in [1.807, 2.05) is 0 Å². The normalized spacial score (nSPS) is 18.4. The maximum absolute atomic E-state index is 12.7. The molecule has 13 nitrogen and oxygen atoms in total. The van der Waals surface area contributed by atoms with Crippen LogP contribution in [0.3, 0.4) is 0 Å². The van der Waals surface area contributed by atoms with E-state index >= 15 is 0 Å². The molecule has 0 bridgehead atoms. The molecule has 0 spiro atoms. The van der Waals surface area contributed by atoms with Crippen LogP contribution in [0.2, 0.25) is 0 Å². The summed E-state index contributed by atoms with van der Waals surface area (Å²) in [6, 6.07) is 8.73. The van der Waals surface area contributed by atoms with Crippen LogP contribution in [-0.2, 0) is 30.5 Å². The van der Waals surface area contributed by atoms with Gasteiger partial charge < -0.3 is 29.9 Å². The second-order valence-electron chi connectivity index (χ2n) is 7.89. The number of amides is 2. The highest BCUT2D eigenvalue weighted by molar-refractivity contribution is 6.04. The summed E-state index contributed by atoms with van der Waals surface area (Å²) in [5.41, 5.74) is 0.233. The molecule has 2 unspecified atom stereocenters. The van der Waals surface area contributed by atoms with Crippen LogP contribution >= 0.6 is 0 Å². The molecule has 0 aliphatic carbocycles. The minimum atomic E-state index is -1.66. The van der Waals surface area contributed by atoms with Crippen LogP contribution in [0, 0.1) is 10.1 Å². The summed E-state index contributed by atoms with van der Waals surface area (Å²) in [5.74, 6) is -3.84. The first-order valence-electron chi connectivity index (χ1n) is 10.7. The maximum Gasteiger partial charge on any atom is 0.331 e. The number of esters is 1. The van der Waals surface area contributed by atoms with Gasteiger partial charge in [0.25, 0.3) is 11.6 Å². The molecule has 1 heterocycles. The van der Waals surface area contributed by atoms with Crippen molar-refractivity contribution in [1.29, 1.82) is 0 Å². The van der Waals surface area contributed by atoms with E-state index < -0.39 is 59.5 Å². The monoisotopic (exact) mass is 501 g/mol. The van der Waals surface area contributed by atoms with Crippen LogP contribution in [0.25, 0.3) is 0 Å². The van der Waals surface area contributed by atoms with Gasteiger partial charge in [-0.05, 0) is 36.8 Å². The summed E-state index contributed by atoms with van der Waals surface area (Å²) in [6.07, 6.45) is -1.50. The van der Waals surface area contributed by atoms with E-state index in [1.165, 1.54) is 31.2 Å². The highest BCUT2D eigenvalue weighted by Crippen LogP contribution is 2.27. The number of non-ortho nitro benzene ring substituents is 1. The number of nitro groups is 1. The Balaban J connectivity index is 1.64. The van der Waals surface area contributed by atoms with Gasteiger partial charge in [0.05, 0.1) is 11.0 Å². The van der Waals surface area contributed by atoms with E-state index in [-0.39, 0.29) is 12.3 Å². The Kier molecular flexibility index (Phi) is 8.17. The highest BCUT2D eigenvalue weighted by atomic mass is 16.6. The van der Waals surface area contributed by atoms with Crippen LogP contribution in [0.15, 0.2) is 54.6 Å². The lowest BCUT2D eigenvalue weighted by atomic mass is 9.90. The SMILES string of the molecule is CC(O)C(C(=O)OCc1ccc([N+](=O)[O-])cc1)N1C(=O)[C@H](NC(=O)COc2ccccc2)[C@@H]1C(=O)O. The Labute approximate surface area is 204 Å². The van der Waals surface area contributed by atoms with Crippen molar-refractivity contribution in [2.24, 2.45) is 0 Å². The molecule has 0 saturated carbocycles. The van der Waals surface area contributed by atoms with Crippen molar-refractivity contribution in [3.63, 3.8) is 0 Å². The Morgan fingerprint density at radius 3 is 2.33 bits per heavy atom. The minimum absolute atomic E-state index is 0.162. The molecule has 2 aromatic rings. The van der Waals surface area contributed by atoms with Crippen LogP contribution in [-0.4, -0.2) is 74.6 Å². The molecule has 13 heteroatoms. The van der Waals surface area contributed by atoms with Crippen molar-refractivity contribution in [3.8, 4) is 5.75 Å². The molecular formula is C23H23N3O10. The molecule has 1 saturated heterocycles. The third-order valence-corrected chi connectivity index (χ3v) is 5.34. The number of carbonyl (C=O) groups is 4. The second-order valence-corrected chi connectivity index (χ2v) is 7.89. The van der Waals surface area contributed by atoms with Crippen LogP contribution in [0.1, 0.15) is 12.5 Å². The summed E-state index contributed by atoms with van der Waals surface area (Å²) in [4.78, 5) is 60.3. The lowest BCUT2D eigenvalue weighted by Gasteiger charge is -2.48. The first kappa shape index (κ1) is 26.1. The number of rotatable bonds is 11. The quantitative estimate of drug-likeness (QED) is 0.167. The molecule has 36 heavy (non-hydrogen) atoms. The average Bonchev–Trinajstić information content (AvgIpc) is 2.85. The fraction of sp³-hybridized carbons (Fsp3) is 0.304. The van der Waals surface area contributed by atoms with Gasteiger partial charge in [-0.2, -0.15) is 0 Å². The number of β-lactam (4-membered cyclic amide) rings is 1. The number of para-hydroxylation sites is 1. The molecule has 3 N–H and O–H groups in total. The molecular weight excluding hydrogens is 478 g/mol. The fourth-order valence-electron chi connectivity index (χ4n) is 3.60. The van der Waals surface area contributed by atoms with E-state index in [0.29, 0.717) is 16.2 Å². The first-order valence-corrected chi connectivity index (χ1v) is 10.7. The second kappa shape index (κ2) is 11.3. The van der Waals surface area contributed by atoms with E-state index in [9.17, 15) is 39.5 Å². The zero-order valence-corrected chi connectivity index (χ0v) is 19.0. The lowest BCUT2D eigenvalue weighted by molar-refractivity contribution is -0.384. The molecule has 4 atom stereocenters. The standard InChI is InChI=1S/C23H23N3O10/c1-13(27)19(23(32)36-11-14-7-9-15(10-8-14)26(33)34)25-20(22(30)31)18(21(25)29)24-17(28)12-35-16-5-3-2-4-6-16/h2-10,13,18-20,27H,11-12H2,1H3,(H,24,28)(H,30,31)/t13?,18-,19?,20-/m1/s1. The van der Waals surface area contributed by atoms with E-state index in [1.54, 1.807) is 30.3 Å². The number of nitrogens with one attached hydrogen (secondary N) is 1. The largest absolute Gasteiger partial charge is 0.484 e. The smallest absolute Gasteiger partial charge is 0.331 e. The first-order chi connectivity index (χ1) is 17.1. The summed E-state index contributed by atoms with van der Waals surface area (Å²) in [5, 5.41) is 32.8. The van der Waals surface area contributed by atoms with Gasteiger partial charge in [-0.15, -0.1) is 0 Å².